The molecule has 4 nitrogen and oxygen atoms in total. The van der Waals surface area contributed by atoms with Gasteiger partial charge in [0.05, 0.1) is 0 Å². The van der Waals surface area contributed by atoms with Gasteiger partial charge >= 0.3 is 0 Å². The van der Waals surface area contributed by atoms with Crippen LogP contribution in [0.4, 0.5) is 11.6 Å². The topological polar surface area (TPSA) is 63.8 Å². The number of nitrogens with one attached hydrogen (secondary N) is 1. The zero-order valence-electron chi connectivity index (χ0n) is 11.4. The average molecular weight is 248 g/mol. The first kappa shape index (κ1) is 13.1. The molecule has 0 spiro atoms. The van der Waals surface area contributed by atoms with E-state index >= 15 is 0 Å². The van der Waals surface area contributed by atoms with E-state index < -0.39 is 0 Å². The first-order valence-electron chi connectivity index (χ1n) is 7.04. The molecule has 1 aromatic heterocycles. The Hall–Kier alpha value is -1.32. The van der Waals surface area contributed by atoms with Crippen molar-refractivity contribution in [3.05, 3.63) is 11.9 Å². The number of anilines is 2. The predicted molar refractivity (Wildman–Crippen MR) is 75.5 cm³/mol. The lowest BCUT2D eigenvalue weighted by atomic mass is 9.83. The summed E-state index contributed by atoms with van der Waals surface area (Å²) in [5.74, 6) is 2.42. The van der Waals surface area contributed by atoms with Gasteiger partial charge in [0.25, 0.3) is 0 Å². The Labute approximate surface area is 109 Å². The molecule has 3 N–H and O–H groups in total. The number of aromatic nitrogens is 2. The van der Waals surface area contributed by atoms with E-state index in [1.165, 1.54) is 44.9 Å². The van der Waals surface area contributed by atoms with Gasteiger partial charge < -0.3 is 11.1 Å². The fourth-order valence-corrected chi connectivity index (χ4v) is 2.81. The second-order valence-electron chi connectivity index (χ2n) is 5.38. The van der Waals surface area contributed by atoms with Gasteiger partial charge in [0.15, 0.2) is 0 Å². The Morgan fingerprint density at radius 3 is 2.67 bits per heavy atom. The lowest BCUT2D eigenvalue weighted by molar-refractivity contribution is 0.318. The van der Waals surface area contributed by atoms with Crippen LogP contribution < -0.4 is 11.1 Å². The third-order valence-electron chi connectivity index (χ3n) is 4.01. The summed E-state index contributed by atoms with van der Waals surface area (Å²) >= 11 is 0. The summed E-state index contributed by atoms with van der Waals surface area (Å²) in [5.41, 5.74) is 6.76. The highest BCUT2D eigenvalue weighted by atomic mass is 15.1. The first-order chi connectivity index (χ1) is 8.70. The molecule has 0 bridgehead atoms. The number of nitrogens with two attached hydrogens (primary N) is 1. The summed E-state index contributed by atoms with van der Waals surface area (Å²) in [6, 6.07) is 0.547. The molecule has 1 fully saturated rings. The molecule has 1 aliphatic rings. The van der Waals surface area contributed by atoms with E-state index in [2.05, 4.69) is 22.2 Å². The van der Waals surface area contributed by atoms with Crippen molar-refractivity contribution in [2.75, 3.05) is 11.1 Å². The van der Waals surface area contributed by atoms with Gasteiger partial charge in [-0.3, -0.25) is 0 Å². The van der Waals surface area contributed by atoms with Crippen LogP contribution in [-0.2, 0) is 0 Å². The van der Waals surface area contributed by atoms with Crippen LogP contribution >= 0.6 is 0 Å². The van der Waals surface area contributed by atoms with E-state index in [0.29, 0.717) is 11.9 Å². The molecule has 100 valence electrons. The van der Waals surface area contributed by atoms with Crippen molar-refractivity contribution in [1.82, 2.24) is 9.97 Å². The summed E-state index contributed by atoms with van der Waals surface area (Å²) in [6.45, 7) is 4.25. The van der Waals surface area contributed by atoms with Crippen LogP contribution in [0.1, 0.15) is 51.0 Å². The summed E-state index contributed by atoms with van der Waals surface area (Å²) < 4.78 is 0. The van der Waals surface area contributed by atoms with Gasteiger partial charge in [-0.1, -0.05) is 19.8 Å². The van der Waals surface area contributed by atoms with Crippen molar-refractivity contribution >= 4 is 11.6 Å². The number of nitrogens with zero attached hydrogens (tertiary/aromatic N) is 2. The van der Waals surface area contributed by atoms with E-state index in [4.69, 9.17) is 5.73 Å². The SMILES string of the molecule is CCCC1CCC(Nc2ncnc(N)c2C)CC1. The fraction of sp³-hybridized carbons (Fsp3) is 0.714. The van der Waals surface area contributed by atoms with Crippen molar-refractivity contribution in [2.24, 2.45) is 5.92 Å². The van der Waals surface area contributed by atoms with Gasteiger partial charge in [-0.25, -0.2) is 9.97 Å². The van der Waals surface area contributed by atoms with Gasteiger partial charge in [-0.15, -0.1) is 0 Å². The molecule has 0 radical (unpaired) electrons. The molecule has 4 heteroatoms. The van der Waals surface area contributed by atoms with Gasteiger partial charge in [0.2, 0.25) is 0 Å². The smallest absolute Gasteiger partial charge is 0.134 e. The highest BCUT2D eigenvalue weighted by Crippen LogP contribution is 2.29. The Morgan fingerprint density at radius 1 is 1.28 bits per heavy atom. The summed E-state index contributed by atoms with van der Waals surface area (Å²) in [5, 5.41) is 3.52. The molecule has 18 heavy (non-hydrogen) atoms. The maximum atomic E-state index is 5.80. The van der Waals surface area contributed by atoms with Crippen LogP contribution in [0.25, 0.3) is 0 Å². The molecule has 1 aromatic rings. The minimum atomic E-state index is 0.547. The molecule has 0 aliphatic heterocycles. The summed E-state index contributed by atoms with van der Waals surface area (Å²) in [6.07, 6.45) is 9.39. The minimum absolute atomic E-state index is 0.547. The zero-order valence-corrected chi connectivity index (χ0v) is 11.4. The van der Waals surface area contributed by atoms with Crippen LogP contribution in [-0.4, -0.2) is 16.0 Å². The quantitative estimate of drug-likeness (QED) is 0.859. The Bertz CT molecular complexity index is 383. The molecule has 1 saturated carbocycles. The third kappa shape index (κ3) is 3.12. The number of hydrogen-bond acceptors (Lipinski definition) is 4. The van der Waals surface area contributed by atoms with Crippen LogP contribution in [0.3, 0.4) is 0 Å². The van der Waals surface area contributed by atoms with Gasteiger partial charge in [-0.2, -0.15) is 0 Å². The van der Waals surface area contributed by atoms with E-state index in [0.717, 1.165) is 17.3 Å². The van der Waals surface area contributed by atoms with Gasteiger partial charge in [0.1, 0.15) is 18.0 Å². The Morgan fingerprint density at radius 2 is 2.00 bits per heavy atom. The van der Waals surface area contributed by atoms with Gasteiger partial charge in [-0.05, 0) is 38.5 Å². The van der Waals surface area contributed by atoms with Crippen molar-refractivity contribution in [3.63, 3.8) is 0 Å². The van der Waals surface area contributed by atoms with Gasteiger partial charge in [0, 0.05) is 11.6 Å². The largest absolute Gasteiger partial charge is 0.383 e. The average Bonchev–Trinajstić information content (AvgIpc) is 2.38. The minimum Gasteiger partial charge on any atom is -0.383 e. The zero-order chi connectivity index (χ0) is 13.0. The van der Waals surface area contributed by atoms with Crippen LogP contribution in [0, 0.1) is 12.8 Å². The molecule has 1 aliphatic carbocycles. The van der Waals surface area contributed by atoms with Crippen molar-refractivity contribution in [3.8, 4) is 0 Å². The molecule has 2 rings (SSSR count). The maximum absolute atomic E-state index is 5.80. The van der Waals surface area contributed by atoms with E-state index in [9.17, 15) is 0 Å². The standard InChI is InChI=1S/C14H24N4/c1-3-4-11-5-7-12(8-6-11)18-14-10(2)13(15)16-9-17-14/h9,11-12H,3-8H2,1-2H3,(H3,15,16,17,18). The van der Waals surface area contributed by atoms with Crippen molar-refractivity contribution < 1.29 is 0 Å². The van der Waals surface area contributed by atoms with Crippen molar-refractivity contribution in [1.29, 1.82) is 0 Å². The Balaban J connectivity index is 1.90. The Kier molecular flexibility index (Phi) is 4.39. The second-order valence-corrected chi connectivity index (χ2v) is 5.38. The first-order valence-corrected chi connectivity index (χ1v) is 7.04. The van der Waals surface area contributed by atoms with E-state index in [1.807, 2.05) is 6.92 Å². The number of hydrogen-bond donors (Lipinski definition) is 2. The van der Waals surface area contributed by atoms with E-state index in [-0.39, 0.29) is 0 Å². The number of nitrogen functional groups attached to an aromatic ring is 1. The van der Waals surface area contributed by atoms with Crippen LogP contribution in [0.5, 0.6) is 0 Å². The number of rotatable bonds is 4. The molecule has 0 saturated heterocycles. The van der Waals surface area contributed by atoms with Crippen LogP contribution in [0.2, 0.25) is 0 Å². The highest BCUT2D eigenvalue weighted by molar-refractivity contribution is 5.54. The fourth-order valence-electron chi connectivity index (χ4n) is 2.81. The molecule has 0 atom stereocenters. The van der Waals surface area contributed by atoms with E-state index in [1.54, 1.807) is 0 Å². The lowest BCUT2D eigenvalue weighted by Crippen LogP contribution is -2.27. The lowest BCUT2D eigenvalue weighted by Gasteiger charge is -2.29. The molecule has 0 amide bonds. The summed E-state index contributed by atoms with van der Waals surface area (Å²) in [7, 11) is 0. The normalized spacial score (nSPS) is 23.9. The predicted octanol–water partition coefficient (Wildman–Crippen LogP) is 3.14. The monoisotopic (exact) mass is 248 g/mol. The maximum Gasteiger partial charge on any atom is 0.134 e. The molecular weight excluding hydrogens is 224 g/mol. The second kappa shape index (κ2) is 6.03. The molecule has 0 aromatic carbocycles. The third-order valence-corrected chi connectivity index (χ3v) is 4.01. The molecule has 0 unspecified atom stereocenters. The highest BCUT2D eigenvalue weighted by Gasteiger charge is 2.21. The molecule has 1 heterocycles. The summed E-state index contributed by atoms with van der Waals surface area (Å²) in [4.78, 5) is 8.28. The molecular formula is C14H24N4. The van der Waals surface area contributed by atoms with Crippen LogP contribution in [0.15, 0.2) is 6.33 Å². The van der Waals surface area contributed by atoms with Crippen molar-refractivity contribution in [2.45, 2.75) is 58.4 Å².